The van der Waals surface area contributed by atoms with Crippen molar-refractivity contribution >= 4 is 11.9 Å². The number of hydrogen-bond acceptors (Lipinski definition) is 7. The summed E-state index contributed by atoms with van der Waals surface area (Å²) in [6, 6.07) is -0.585. The number of fused-ring (bicyclic) bond motifs is 1. The first-order chi connectivity index (χ1) is 9.74. The van der Waals surface area contributed by atoms with Crippen LogP contribution in [0.25, 0.3) is 0 Å². The molecule has 3 heterocycles. The Bertz CT molecular complexity index is 620. The SMILES string of the molecule is CCc1nc(N2CCc3ncoc3C(NC)C2=O)no1. The second-order valence-electron chi connectivity index (χ2n) is 4.47. The molecule has 0 aromatic carbocycles. The number of nitrogens with zero attached hydrogens (tertiary/aromatic N) is 4. The average Bonchev–Trinajstić information content (AvgIpc) is 3.08. The molecular formula is C12H15N5O3. The molecule has 0 spiro atoms. The lowest BCUT2D eigenvalue weighted by Gasteiger charge is -2.19. The number of nitrogens with one attached hydrogen (secondary N) is 1. The zero-order valence-corrected chi connectivity index (χ0v) is 11.3. The highest BCUT2D eigenvalue weighted by atomic mass is 16.5. The smallest absolute Gasteiger partial charge is 0.272 e. The summed E-state index contributed by atoms with van der Waals surface area (Å²) in [5, 5.41) is 6.80. The minimum absolute atomic E-state index is 0.175. The lowest BCUT2D eigenvalue weighted by Crippen LogP contribution is -2.39. The Morgan fingerprint density at radius 2 is 2.40 bits per heavy atom. The molecule has 3 rings (SSSR count). The zero-order valence-electron chi connectivity index (χ0n) is 11.3. The van der Waals surface area contributed by atoms with Crippen molar-refractivity contribution in [1.82, 2.24) is 20.4 Å². The summed E-state index contributed by atoms with van der Waals surface area (Å²) in [4.78, 5) is 22.4. The van der Waals surface area contributed by atoms with Gasteiger partial charge in [0.05, 0.1) is 5.69 Å². The van der Waals surface area contributed by atoms with Crippen LogP contribution in [0.1, 0.15) is 30.3 Å². The summed E-state index contributed by atoms with van der Waals surface area (Å²) >= 11 is 0. The van der Waals surface area contributed by atoms with Crippen molar-refractivity contribution in [2.75, 3.05) is 18.5 Å². The Hall–Kier alpha value is -2.22. The van der Waals surface area contributed by atoms with Crippen LogP contribution in [-0.2, 0) is 17.6 Å². The Morgan fingerprint density at radius 3 is 3.10 bits per heavy atom. The van der Waals surface area contributed by atoms with E-state index in [2.05, 4.69) is 20.4 Å². The maximum atomic E-state index is 12.6. The van der Waals surface area contributed by atoms with E-state index >= 15 is 0 Å². The van der Waals surface area contributed by atoms with Crippen molar-refractivity contribution in [2.24, 2.45) is 0 Å². The Balaban J connectivity index is 1.94. The molecule has 2 aromatic heterocycles. The van der Waals surface area contributed by atoms with Gasteiger partial charge in [0, 0.05) is 19.4 Å². The molecule has 8 heteroatoms. The maximum Gasteiger partial charge on any atom is 0.272 e. The third-order valence-electron chi connectivity index (χ3n) is 3.31. The van der Waals surface area contributed by atoms with Gasteiger partial charge in [-0.05, 0) is 12.2 Å². The van der Waals surface area contributed by atoms with E-state index in [1.807, 2.05) is 6.92 Å². The van der Waals surface area contributed by atoms with Gasteiger partial charge in [-0.3, -0.25) is 9.69 Å². The number of carbonyl (C=O) groups is 1. The van der Waals surface area contributed by atoms with Crippen LogP contribution < -0.4 is 10.2 Å². The van der Waals surface area contributed by atoms with E-state index in [1.54, 1.807) is 7.05 Å². The van der Waals surface area contributed by atoms with Gasteiger partial charge in [-0.15, -0.1) is 0 Å². The summed E-state index contributed by atoms with van der Waals surface area (Å²) in [5.74, 6) is 1.18. The van der Waals surface area contributed by atoms with Gasteiger partial charge in [0.2, 0.25) is 5.89 Å². The normalized spacial score (nSPS) is 19.0. The third kappa shape index (κ3) is 1.97. The van der Waals surface area contributed by atoms with Gasteiger partial charge in [-0.25, -0.2) is 4.98 Å². The highest BCUT2D eigenvalue weighted by molar-refractivity contribution is 5.96. The molecule has 0 saturated heterocycles. The van der Waals surface area contributed by atoms with Crippen LogP contribution in [0.2, 0.25) is 0 Å². The minimum atomic E-state index is -0.585. The van der Waals surface area contributed by atoms with Gasteiger partial charge in [0.1, 0.15) is 6.04 Å². The number of aryl methyl sites for hydroxylation is 1. The minimum Gasteiger partial charge on any atom is -0.446 e. The van der Waals surface area contributed by atoms with E-state index in [4.69, 9.17) is 8.94 Å². The molecule has 1 unspecified atom stereocenters. The fraction of sp³-hybridized carbons (Fsp3) is 0.500. The molecule has 20 heavy (non-hydrogen) atoms. The second kappa shape index (κ2) is 5.04. The number of anilines is 1. The predicted molar refractivity (Wildman–Crippen MR) is 68.0 cm³/mol. The standard InChI is InChI=1S/C12H15N5O3/c1-3-8-15-12(16-20-8)17-5-4-7-10(19-6-14-7)9(13-2)11(17)18/h6,9,13H,3-5H2,1-2H3. The van der Waals surface area contributed by atoms with Gasteiger partial charge in [0.25, 0.3) is 11.9 Å². The van der Waals surface area contributed by atoms with Crippen molar-refractivity contribution in [3.05, 3.63) is 23.7 Å². The Morgan fingerprint density at radius 1 is 1.55 bits per heavy atom. The molecule has 0 saturated carbocycles. The van der Waals surface area contributed by atoms with Crippen molar-refractivity contribution in [3.63, 3.8) is 0 Å². The zero-order chi connectivity index (χ0) is 14.1. The topological polar surface area (TPSA) is 97.3 Å². The molecule has 1 N–H and O–H groups in total. The number of carbonyl (C=O) groups excluding carboxylic acids is 1. The molecule has 1 aliphatic heterocycles. The molecule has 0 bridgehead atoms. The van der Waals surface area contributed by atoms with Gasteiger partial charge in [-0.2, -0.15) is 4.98 Å². The molecule has 1 atom stereocenters. The molecule has 0 aliphatic carbocycles. The number of aromatic nitrogens is 3. The summed E-state index contributed by atoms with van der Waals surface area (Å²) in [5.41, 5.74) is 0.777. The Labute approximate surface area is 115 Å². The van der Waals surface area contributed by atoms with Crippen LogP contribution in [0.15, 0.2) is 15.3 Å². The second-order valence-corrected chi connectivity index (χ2v) is 4.47. The van der Waals surface area contributed by atoms with E-state index in [0.717, 1.165) is 5.69 Å². The molecule has 1 amide bonds. The lowest BCUT2D eigenvalue weighted by molar-refractivity contribution is -0.120. The number of amides is 1. The maximum absolute atomic E-state index is 12.6. The molecular weight excluding hydrogens is 262 g/mol. The number of likely N-dealkylation sites (N-methyl/N-ethyl adjacent to an activating group) is 1. The number of hydrogen-bond donors (Lipinski definition) is 1. The summed E-state index contributed by atoms with van der Waals surface area (Å²) in [6.07, 6.45) is 2.58. The highest BCUT2D eigenvalue weighted by Crippen LogP contribution is 2.26. The quantitative estimate of drug-likeness (QED) is 0.870. The van der Waals surface area contributed by atoms with Crippen LogP contribution in [0.4, 0.5) is 5.95 Å². The summed E-state index contributed by atoms with van der Waals surface area (Å²) < 4.78 is 10.4. The molecule has 0 fully saturated rings. The van der Waals surface area contributed by atoms with E-state index in [-0.39, 0.29) is 11.9 Å². The first-order valence-corrected chi connectivity index (χ1v) is 6.48. The van der Waals surface area contributed by atoms with Gasteiger partial charge < -0.3 is 14.3 Å². The van der Waals surface area contributed by atoms with Crippen molar-refractivity contribution < 1.29 is 13.7 Å². The van der Waals surface area contributed by atoms with Crippen molar-refractivity contribution in [2.45, 2.75) is 25.8 Å². The number of oxazole rings is 1. The van der Waals surface area contributed by atoms with Gasteiger partial charge >= 0.3 is 0 Å². The summed E-state index contributed by atoms with van der Waals surface area (Å²) in [7, 11) is 1.70. The van der Waals surface area contributed by atoms with Crippen molar-refractivity contribution in [3.8, 4) is 0 Å². The molecule has 8 nitrogen and oxygen atoms in total. The fourth-order valence-corrected chi connectivity index (χ4v) is 2.25. The highest BCUT2D eigenvalue weighted by Gasteiger charge is 2.35. The van der Waals surface area contributed by atoms with Gasteiger partial charge in [-0.1, -0.05) is 6.92 Å². The van der Waals surface area contributed by atoms with E-state index in [0.29, 0.717) is 31.0 Å². The molecule has 2 aromatic rings. The van der Waals surface area contributed by atoms with Crippen LogP contribution >= 0.6 is 0 Å². The lowest BCUT2D eigenvalue weighted by atomic mass is 10.2. The first kappa shape index (κ1) is 12.8. The van der Waals surface area contributed by atoms with E-state index in [9.17, 15) is 4.79 Å². The predicted octanol–water partition coefficient (Wildman–Crippen LogP) is 0.470. The van der Waals surface area contributed by atoms with Crippen LogP contribution in [0.5, 0.6) is 0 Å². The van der Waals surface area contributed by atoms with Crippen LogP contribution in [-0.4, -0.2) is 34.6 Å². The third-order valence-corrected chi connectivity index (χ3v) is 3.31. The van der Waals surface area contributed by atoms with Crippen molar-refractivity contribution in [1.29, 1.82) is 0 Å². The van der Waals surface area contributed by atoms with E-state index in [1.165, 1.54) is 11.3 Å². The van der Waals surface area contributed by atoms with Gasteiger partial charge in [0.15, 0.2) is 12.2 Å². The van der Waals surface area contributed by atoms with Crippen LogP contribution in [0, 0.1) is 0 Å². The molecule has 1 aliphatic rings. The Kier molecular flexibility index (Phi) is 3.23. The summed E-state index contributed by atoms with van der Waals surface area (Å²) in [6.45, 7) is 2.36. The van der Waals surface area contributed by atoms with Crippen LogP contribution in [0.3, 0.4) is 0 Å². The monoisotopic (exact) mass is 277 g/mol. The molecule has 0 radical (unpaired) electrons. The first-order valence-electron chi connectivity index (χ1n) is 6.48. The largest absolute Gasteiger partial charge is 0.446 e. The number of rotatable bonds is 3. The average molecular weight is 277 g/mol. The molecule has 106 valence electrons. The fourth-order valence-electron chi connectivity index (χ4n) is 2.25. The van der Waals surface area contributed by atoms with E-state index < -0.39 is 6.04 Å².